The summed E-state index contributed by atoms with van der Waals surface area (Å²) in [7, 11) is 1.52. The number of anilines is 1. The smallest absolute Gasteiger partial charge is 0.301 e. The Morgan fingerprint density at radius 2 is 1.85 bits per heavy atom. The van der Waals surface area contributed by atoms with E-state index in [9.17, 15) is 19.1 Å². The number of ether oxygens (including phenoxy) is 2. The zero-order valence-corrected chi connectivity index (χ0v) is 24.2. The highest BCUT2D eigenvalue weighted by molar-refractivity contribution is 7.22. The summed E-state index contributed by atoms with van der Waals surface area (Å²) in [6.07, 6.45) is 3.01. The van der Waals surface area contributed by atoms with Crippen LogP contribution in [0.5, 0.6) is 11.5 Å². The summed E-state index contributed by atoms with van der Waals surface area (Å²) in [6.45, 7) is 6.36. The summed E-state index contributed by atoms with van der Waals surface area (Å²) >= 11 is 1.10. The van der Waals surface area contributed by atoms with Gasteiger partial charge >= 0.3 is 5.91 Å². The van der Waals surface area contributed by atoms with Crippen molar-refractivity contribution >= 4 is 44.1 Å². The first-order chi connectivity index (χ1) is 19.7. The number of aromatic nitrogens is 1. The molecule has 0 bridgehead atoms. The molecule has 1 atom stereocenters. The minimum absolute atomic E-state index is 0.0622. The molecule has 2 heterocycles. The number of aliphatic hydroxyl groups is 1. The van der Waals surface area contributed by atoms with E-state index < -0.39 is 23.5 Å². The summed E-state index contributed by atoms with van der Waals surface area (Å²) < 4.78 is 26.1. The van der Waals surface area contributed by atoms with E-state index in [0.717, 1.165) is 41.7 Å². The largest absolute Gasteiger partial charge is 0.507 e. The number of carbonyl (C=O) groups excluding carboxylic acids is 2. The fourth-order valence-electron chi connectivity index (χ4n) is 4.98. The van der Waals surface area contributed by atoms with Crippen molar-refractivity contribution in [2.45, 2.75) is 46.1 Å². The molecule has 1 N–H and O–H groups in total. The van der Waals surface area contributed by atoms with Crippen molar-refractivity contribution in [2.75, 3.05) is 18.6 Å². The van der Waals surface area contributed by atoms with Crippen molar-refractivity contribution in [1.29, 1.82) is 0 Å². The van der Waals surface area contributed by atoms with Crippen LogP contribution in [0.3, 0.4) is 0 Å². The summed E-state index contributed by atoms with van der Waals surface area (Å²) in [4.78, 5) is 33.1. The molecular formula is C32H31FN2O5S. The van der Waals surface area contributed by atoms with Gasteiger partial charge in [-0.2, -0.15) is 0 Å². The molecule has 1 saturated heterocycles. The van der Waals surface area contributed by atoms with Crippen molar-refractivity contribution in [3.8, 4) is 11.5 Å². The van der Waals surface area contributed by atoms with Crippen molar-refractivity contribution in [3.05, 3.63) is 88.2 Å². The maximum absolute atomic E-state index is 14.0. The van der Waals surface area contributed by atoms with Crippen LogP contribution in [-0.2, 0) is 9.59 Å². The molecule has 9 heteroatoms. The number of fused-ring (bicyclic) bond motifs is 1. The van der Waals surface area contributed by atoms with Gasteiger partial charge in [-0.25, -0.2) is 9.37 Å². The third-order valence-electron chi connectivity index (χ3n) is 7.15. The zero-order valence-electron chi connectivity index (χ0n) is 23.4. The van der Waals surface area contributed by atoms with Gasteiger partial charge < -0.3 is 14.6 Å². The number of unbranched alkanes of at least 4 members (excludes halogenated alkanes) is 2. The van der Waals surface area contributed by atoms with Crippen LogP contribution in [-0.4, -0.2) is 35.5 Å². The lowest BCUT2D eigenvalue weighted by molar-refractivity contribution is -0.132. The molecule has 41 heavy (non-hydrogen) atoms. The summed E-state index contributed by atoms with van der Waals surface area (Å²) in [5.74, 6) is -1.40. The molecule has 3 aromatic carbocycles. The molecule has 1 aliphatic rings. The summed E-state index contributed by atoms with van der Waals surface area (Å²) in [6, 6.07) is 13.9. The molecule has 1 aliphatic heterocycles. The lowest BCUT2D eigenvalue weighted by Gasteiger charge is -2.24. The van der Waals surface area contributed by atoms with E-state index in [0.29, 0.717) is 39.4 Å². The Kier molecular flexibility index (Phi) is 8.08. The average Bonchev–Trinajstić information content (AvgIpc) is 3.49. The van der Waals surface area contributed by atoms with E-state index in [1.165, 1.54) is 30.2 Å². The second-order valence-electron chi connectivity index (χ2n) is 10.1. The number of ketones is 1. The van der Waals surface area contributed by atoms with Crippen molar-refractivity contribution in [3.63, 3.8) is 0 Å². The van der Waals surface area contributed by atoms with Gasteiger partial charge in [-0.3, -0.25) is 14.5 Å². The fraction of sp³-hybridized carbons (Fsp3) is 0.281. The van der Waals surface area contributed by atoms with Crippen LogP contribution in [0.25, 0.3) is 16.0 Å². The molecule has 1 fully saturated rings. The number of aryl methyl sites for hydroxylation is 2. The summed E-state index contributed by atoms with van der Waals surface area (Å²) in [5.41, 5.74) is 3.06. The number of rotatable bonds is 9. The van der Waals surface area contributed by atoms with Gasteiger partial charge in [0.05, 0.1) is 35.5 Å². The van der Waals surface area contributed by atoms with E-state index in [2.05, 4.69) is 11.9 Å². The molecule has 0 saturated carbocycles. The number of methoxy groups -OCH3 is 1. The van der Waals surface area contributed by atoms with Crippen molar-refractivity contribution in [2.24, 2.45) is 0 Å². The number of Topliss-reactive ketones (excluding diaryl/α,β-unsaturated/α-hetero) is 1. The van der Waals surface area contributed by atoms with E-state index in [4.69, 9.17) is 9.47 Å². The number of hydrogen-bond donors (Lipinski definition) is 1. The number of carbonyl (C=O) groups is 2. The van der Waals surface area contributed by atoms with Crippen LogP contribution in [0, 0.1) is 19.7 Å². The highest BCUT2D eigenvalue weighted by Gasteiger charge is 2.48. The molecule has 4 aromatic rings. The maximum atomic E-state index is 14.0. The van der Waals surface area contributed by atoms with Gasteiger partial charge in [0.1, 0.15) is 11.6 Å². The Bertz CT molecular complexity index is 1680. The van der Waals surface area contributed by atoms with Crippen LogP contribution in [0.15, 0.2) is 60.2 Å². The van der Waals surface area contributed by atoms with Gasteiger partial charge in [0.25, 0.3) is 5.78 Å². The highest BCUT2D eigenvalue weighted by atomic mass is 32.1. The molecule has 212 valence electrons. The van der Waals surface area contributed by atoms with Gasteiger partial charge in [0.15, 0.2) is 16.6 Å². The quantitative estimate of drug-likeness (QED) is 0.0980. The van der Waals surface area contributed by atoms with Crippen molar-refractivity contribution < 1.29 is 28.6 Å². The molecule has 1 unspecified atom stereocenters. The summed E-state index contributed by atoms with van der Waals surface area (Å²) in [5, 5.41) is 11.8. The topological polar surface area (TPSA) is 89.0 Å². The minimum atomic E-state index is -1.01. The Morgan fingerprint density at radius 1 is 1.05 bits per heavy atom. The van der Waals surface area contributed by atoms with E-state index >= 15 is 0 Å². The number of benzene rings is 3. The number of amides is 1. The van der Waals surface area contributed by atoms with Crippen LogP contribution in [0.2, 0.25) is 0 Å². The molecular weight excluding hydrogens is 543 g/mol. The standard InChI is InChI=1S/C32H31FN2O5S/c1-5-6-7-14-40-24-13-10-20(16-25(24)39-4)28-27(29(36)22-15-18(2)8-9-19(22)3)30(37)31(38)35(28)32-34-23-12-11-21(33)17-26(23)41-32/h8-13,15-17,28,36H,5-7,14H2,1-4H3. The SMILES string of the molecule is CCCCCOc1ccc(C2C(=C(O)c3cc(C)ccc3C)C(=O)C(=O)N2c2nc3ccc(F)cc3s2)cc1OC. The Balaban J connectivity index is 1.68. The molecule has 0 spiro atoms. The first-order valence-corrected chi connectivity index (χ1v) is 14.3. The molecule has 1 aromatic heterocycles. The van der Waals surface area contributed by atoms with Crippen LogP contribution in [0.4, 0.5) is 9.52 Å². The maximum Gasteiger partial charge on any atom is 0.301 e. The molecule has 1 amide bonds. The Hall–Kier alpha value is -4.24. The fourth-order valence-corrected chi connectivity index (χ4v) is 6.00. The number of thiazole rings is 1. The Labute approximate surface area is 241 Å². The number of nitrogens with zero attached hydrogens (tertiary/aromatic N) is 2. The van der Waals surface area contributed by atoms with Crippen LogP contribution in [0.1, 0.15) is 54.5 Å². The predicted octanol–water partition coefficient (Wildman–Crippen LogP) is 7.26. The third kappa shape index (κ3) is 5.41. The normalized spacial score (nSPS) is 16.5. The number of halogens is 1. The molecule has 0 radical (unpaired) electrons. The second-order valence-corrected chi connectivity index (χ2v) is 11.1. The first kappa shape index (κ1) is 28.3. The van der Waals surface area contributed by atoms with Crippen LogP contribution < -0.4 is 14.4 Å². The van der Waals surface area contributed by atoms with E-state index in [1.807, 2.05) is 26.0 Å². The van der Waals surface area contributed by atoms with Crippen LogP contribution >= 0.6 is 11.3 Å². The molecule has 5 rings (SSSR count). The minimum Gasteiger partial charge on any atom is -0.507 e. The highest BCUT2D eigenvalue weighted by Crippen LogP contribution is 2.46. The van der Waals surface area contributed by atoms with E-state index in [1.54, 1.807) is 24.3 Å². The van der Waals surface area contributed by atoms with Crippen molar-refractivity contribution in [1.82, 2.24) is 4.98 Å². The lowest BCUT2D eigenvalue weighted by atomic mass is 9.93. The predicted molar refractivity (Wildman–Crippen MR) is 158 cm³/mol. The van der Waals surface area contributed by atoms with Gasteiger partial charge in [0.2, 0.25) is 0 Å². The number of hydrogen-bond acceptors (Lipinski definition) is 7. The average molecular weight is 575 g/mol. The molecule has 7 nitrogen and oxygen atoms in total. The number of aliphatic hydroxyl groups excluding tert-OH is 1. The van der Waals surface area contributed by atoms with Gasteiger partial charge in [-0.1, -0.05) is 54.9 Å². The lowest BCUT2D eigenvalue weighted by Crippen LogP contribution is -2.29. The zero-order chi connectivity index (χ0) is 29.3. The molecule has 0 aliphatic carbocycles. The van der Waals surface area contributed by atoms with Gasteiger partial charge in [-0.05, 0) is 67.8 Å². The monoisotopic (exact) mass is 574 g/mol. The van der Waals surface area contributed by atoms with E-state index in [-0.39, 0.29) is 16.5 Å². The second kappa shape index (κ2) is 11.7. The Morgan fingerprint density at radius 3 is 2.61 bits per heavy atom. The van der Waals surface area contributed by atoms with Gasteiger partial charge in [-0.15, -0.1) is 0 Å². The van der Waals surface area contributed by atoms with Gasteiger partial charge in [0, 0.05) is 5.56 Å². The third-order valence-corrected chi connectivity index (χ3v) is 8.16. The first-order valence-electron chi connectivity index (χ1n) is 13.5.